The summed E-state index contributed by atoms with van der Waals surface area (Å²) in [5.41, 5.74) is 9.74. The average molecular weight is 528 g/mol. The fraction of sp³-hybridized carbons (Fsp3) is 0.0357. The molecule has 0 saturated heterocycles. The number of hydrogen-bond donors (Lipinski definition) is 1. The van der Waals surface area contributed by atoms with Crippen molar-refractivity contribution in [2.75, 3.05) is 5.43 Å². The second kappa shape index (κ2) is 9.61. The van der Waals surface area contributed by atoms with E-state index in [1.54, 1.807) is 10.9 Å². The molecular formula is C28H19Cl2N5O2. The summed E-state index contributed by atoms with van der Waals surface area (Å²) in [4.78, 5) is 0. The van der Waals surface area contributed by atoms with Crippen LogP contribution in [-0.4, -0.2) is 20.0 Å². The van der Waals surface area contributed by atoms with Crippen LogP contribution in [0.5, 0.6) is 0 Å². The maximum absolute atomic E-state index is 6.40. The molecule has 2 aromatic heterocycles. The summed E-state index contributed by atoms with van der Waals surface area (Å²) in [5.74, 6) is 1.24. The van der Waals surface area contributed by atoms with Gasteiger partial charge in [-0.2, -0.15) is 0 Å². The van der Waals surface area contributed by atoms with Gasteiger partial charge in [0.05, 0.1) is 11.8 Å². The van der Waals surface area contributed by atoms with E-state index >= 15 is 0 Å². The first-order valence-corrected chi connectivity index (χ1v) is 12.1. The van der Waals surface area contributed by atoms with Crippen molar-refractivity contribution in [2.45, 2.75) is 6.61 Å². The minimum Gasteiger partial charge on any atom is -0.473 e. The maximum atomic E-state index is 6.40. The molecule has 1 aliphatic rings. The Hall–Kier alpha value is -4.33. The summed E-state index contributed by atoms with van der Waals surface area (Å²) < 4.78 is 13.4. The Balaban J connectivity index is 1.44. The zero-order valence-corrected chi connectivity index (χ0v) is 20.9. The van der Waals surface area contributed by atoms with Crippen molar-refractivity contribution in [1.82, 2.24) is 20.0 Å². The summed E-state index contributed by atoms with van der Waals surface area (Å²) in [6, 6.07) is 24.9. The molecule has 0 spiro atoms. The molecule has 0 radical (unpaired) electrons. The van der Waals surface area contributed by atoms with Crippen LogP contribution >= 0.6 is 23.2 Å². The van der Waals surface area contributed by atoms with Crippen LogP contribution in [-0.2, 0) is 11.3 Å². The van der Waals surface area contributed by atoms with Crippen LogP contribution in [0, 0.1) is 0 Å². The molecule has 0 saturated carbocycles. The monoisotopic (exact) mass is 527 g/mol. The molecule has 0 unspecified atom stereocenters. The molecular weight excluding hydrogens is 509 g/mol. The lowest BCUT2D eigenvalue weighted by Crippen LogP contribution is -2.40. The number of hydrogen-bond acceptors (Lipinski definition) is 6. The van der Waals surface area contributed by atoms with E-state index in [0.717, 1.165) is 33.4 Å². The Kier molecular flexibility index (Phi) is 6.00. The minimum atomic E-state index is 0.313. The number of fused-ring (bicyclic) bond motifs is 1. The first-order chi connectivity index (χ1) is 18.1. The standard InChI is InChI=1S/C28H19Cl2N5O2/c1-17-32-33-27-25(20-6-10-22(29)11-7-20)26(21-8-12-23(30)13-9-21)28(34-35(17)27)36-16-18-2-4-19(5-3-18)24-14-15-31-37-24/h2-15,34H,1,16H2. The fourth-order valence-electron chi connectivity index (χ4n) is 4.15. The number of ether oxygens (including phenoxy) is 1. The maximum Gasteiger partial charge on any atom is 0.215 e. The quantitative estimate of drug-likeness (QED) is 0.335. The third kappa shape index (κ3) is 4.50. The molecule has 0 bridgehead atoms. The first-order valence-electron chi connectivity index (χ1n) is 11.4. The van der Waals surface area contributed by atoms with Gasteiger partial charge in [0, 0.05) is 27.2 Å². The zero-order valence-electron chi connectivity index (χ0n) is 19.4. The van der Waals surface area contributed by atoms with E-state index in [9.17, 15) is 0 Å². The van der Waals surface area contributed by atoms with Crippen LogP contribution in [0.15, 0.2) is 95.5 Å². The van der Waals surface area contributed by atoms with E-state index in [2.05, 4.69) is 27.4 Å². The smallest absolute Gasteiger partial charge is 0.215 e. The normalized spacial score (nSPS) is 12.9. The summed E-state index contributed by atoms with van der Waals surface area (Å²) in [6.07, 6.45) is 1.62. The van der Waals surface area contributed by atoms with Crippen molar-refractivity contribution in [1.29, 1.82) is 0 Å². The molecule has 6 rings (SSSR count). The van der Waals surface area contributed by atoms with Crippen LogP contribution in [0.1, 0.15) is 16.7 Å². The van der Waals surface area contributed by atoms with Gasteiger partial charge in [-0.15, -0.1) is 10.2 Å². The Bertz CT molecular complexity index is 1710. The van der Waals surface area contributed by atoms with E-state index in [1.807, 2.05) is 78.9 Å². The number of rotatable bonds is 6. The van der Waals surface area contributed by atoms with Gasteiger partial charge in [-0.25, -0.2) is 4.68 Å². The van der Waals surface area contributed by atoms with E-state index in [0.29, 0.717) is 39.3 Å². The number of allylic oxidation sites excluding steroid dienone is 1. The largest absolute Gasteiger partial charge is 0.473 e. The molecule has 0 aliphatic carbocycles. The molecule has 0 amide bonds. The molecule has 7 nitrogen and oxygen atoms in total. The Morgan fingerprint density at radius 1 is 0.784 bits per heavy atom. The molecule has 1 aliphatic heterocycles. The highest BCUT2D eigenvalue weighted by molar-refractivity contribution is 6.31. The van der Waals surface area contributed by atoms with Crippen LogP contribution in [0.3, 0.4) is 0 Å². The Morgan fingerprint density at radius 3 is 2.03 bits per heavy atom. The van der Waals surface area contributed by atoms with Gasteiger partial charge in [-0.05, 0) is 41.0 Å². The van der Waals surface area contributed by atoms with E-state index in [4.69, 9.17) is 32.5 Å². The Morgan fingerprint density at radius 2 is 1.41 bits per heavy atom. The van der Waals surface area contributed by atoms with E-state index in [1.165, 1.54) is 0 Å². The Labute approximate surface area is 221 Å². The van der Waals surface area contributed by atoms with Crippen molar-refractivity contribution < 1.29 is 9.26 Å². The van der Waals surface area contributed by atoms with Gasteiger partial charge in [0.25, 0.3) is 0 Å². The highest BCUT2D eigenvalue weighted by atomic mass is 35.5. The summed E-state index contributed by atoms with van der Waals surface area (Å²) in [6.45, 7) is 4.33. The highest BCUT2D eigenvalue weighted by Gasteiger charge is 2.26. The minimum absolute atomic E-state index is 0.313. The molecule has 5 aromatic rings. The lowest BCUT2D eigenvalue weighted by molar-refractivity contribution is 0.199. The van der Waals surface area contributed by atoms with Crippen LogP contribution in [0.4, 0.5) is 0 Å². The van der Waals surface area contributed by atoms with Gasteiger partial charge in [0.15, 0.2) is 16.7 Å². The van der Waals surface area contributed by atoms with Crippen molar-refractivity contribution in [3.63, 3.8) is 0 Å². The highest BCUT2D eigenvalue weighted by Crippen LogP contribution is 2.34. The predicted molar refractivity (Wildman–Crippen MR) is 143 cm³/mol. The fourth-order valence-corrected chi connectivity index (χ4v) is 4.40. The molecule has 3 aromatic carbocycles. The number of nitrogens with zero attached hydrogens (tertiary/aromatic N) is 4. The van der Waals surface area contributed by atoms with E-state index in [-0.39, 0.29) is 0 Å². The van der Waals surface area contributed by atoms with Crippen molar-refractivity contribution in [2.24, 2.45) is 0 Å². The van der Waals surface area contributed by atoms with Gasteiger partial charge in [-0.3, -0.25) is 5.43 Å². The lowest BCUT2D eigenvalue weighted by Gasteiger charge is -2.24. The zero-order chi connectivity index (χ0) is 25.4. The van der Waals surface area contributed by atoms with Gasteiger partial charge < -0.3 is 9.26 Å². The lowest BCUT2D eigenvalue weighted by atomic mass is 9.92. The molecule has 9 heteroatoms. The topological polar surface area (TPSA) is 78.0 Å². The SMILES string of the molecule is C=c1nnc2n1NC(OCc1ccc(-c3ccno3)cc1)=C(c1ccc(Cl)cc1)C=2c1ccc(Cl)cc1. The number of nitrogens with one attached hydrogen (secondary N) is 1. The molecule has 1 N–H and O–H groups in total. The second-order valence-electron chi connectivity index (χ2n) is 8.34. The number of benzene rings is 3. The van der Waals surface area contributed by atoms with Crippen molar-refractivity contribution in [3.8, 4) is 11.3 Å². The van der Waals surface area contributed by atoms with Crippen molar-refractivity contribution >= 4 is 40.9 Å². The van der Waals surface area contributed by atoms with Crippen LogP contribution in [0.25, 0.3) is 29.0 Å². The first kappa shape index (κ1) is 23.1. The summed E-state index contributed by atoms with van der Waals surface area (Å²) >= 11 is 12.4. The summed E-state index contributed by atoms with van der Waals surface area (Å²) in [5, 5.41) is 13.6. The predicted octanol–water partition coefficient (Wildman–Crippen LogP) is 4.99. The van der Waals surface area contributed by atoms with Crippen LogP contribution in [0.2, 0.25) is 10.0 Å². The molecule has 3 heterocycles. The molecule has 0 atom stereocenters. The second-order valence-corrected chi connectivity index (χ2v) is 9.22. The summed E-state index contributed by atoms with van der Waals surface area (Å²) in [7, 11) is 0. The van der Waals surface area contributed by atoms with Crippen molar-refractivity contribution in [3.05, 3.63) is 129 Å². The average Bonchev–Trinajstić information content (AvgIpc) is 3.59. The van der Waals surface area contributed by atoms with E-state index < -0.39 is 0 Å². The van der Waals surface area contributed by atoms with Gasteiger partial charge in [0.1, 0.15) is 6.61 Å². The molecule has 0 fully saturated rings. The van der Waals surface area contributed by atoms with Crippen LogP contribution < -0.4 is 16.4 Å². The number of aromatic nitrogens is 4. The van der Waals surface area contributed by atoms with Gasteiger partial charge >= 0.3 is 0 Å². The number of halogens is 2. The molecule has 37 heavy (non-hydrogen) atoms. The molecule has 182 valence electrons. The van der Waals surface area contributed by atoms with Gasteiger partial charge in [-0.1, -0.05) is 83.5 Å². The third-order valence-electron chi connectivity index (χ3n) is 5.97. The van der Waals surface area contributed by atoms with Gasteiger partial charge in [0.2, 0.25) is 5.88 Å². The third-order valence-corrected chi connectivity index (χ3v) is 6.47.